The quantitative estimate of drug-likeness (QED) is 0.515. The van der Waals surface area contributed by atoms with Gasteiger partial charge in [-0.15, -0.1) is 0 Å². The largest absolute Gasteiger partial charge is 0.456 e. The summed E-state index contributed by atoms with van der Waals surface area (Å²) in [6.07, 6.45) is 0. The van der Waals surface area contributed by atoms with Crippen molar-refractivity contribution in [3.8, 4) is 5.75 Å². The maximum absolute atomic E-state index is 12.0. The maximum atomic E-state index is 12.0. The molecule has 0 unspecified atom stereocenters. The third kappa shape index (κ3) is 2.72. The van der Waals surface area contributed by atoms with Crippen molar-refractivity contribution in [2.45, 2.75) is 6.92 Å². The Hall–Kier alpha value is -2.81. The third-order valence-corrected chi connectivity index (χ3v) is 3.13. The van der Waals surface area contributed by atoms with Crippen molar-refractivity contribution < 1.29 is 13.9 Å². The summed E-state index contributed by atoms with van der Waals surface area (Å²) in [5, 5.41) is 0.951. The highest BCUT2D eigenvalue weighted by Gasteiger charge is 2.10. The molecule has 0 fully saturated rings. The summed E-state index contributed by atoms with van der Waals surface area (Å²) in [5.41, 5.74) is 2.04. The van der Waals surface area contributed by atoms with E-state index < -0.39 is 0 Å². The Morgan fingerprint density at radius 2 is 1.86 bits per heavy atom. The molecule has 0 saturated carbocycles. The molecular weight excluding hydrogens is 264 g/mol. The zero-order valence-electron chi connectivity index (χ0n) is 11.6. The molecular formula is C18H14O3. The molecule has 2 aromatic carbocycles. The second-order valence-electron chi connectivity index (χ2n) is 4.85. The van der Waals surface area contributed by atoms with Crippen molar-refractivity contribution in [1.82, 2.24) is 0 Å². The zero-order chi connectivity index (χ0) is 14.8. The van der Waals surface area contributed by atoms with Crippen LogP contribution in [0.5, 0.6) is 5.75 Å². The van der Waals surface area contributed by atoms with Gasteiger partial charge in [0.05, 0.1) is 5.56 Å². The third-order valence-electron chi connectivity index (χ3n) is 3.13. The number of benzene rings is 2. The van der Waals surface area contributed by atoms with Crippen molar-refractivity contribution in [3.63, 3.8) is 0 Å². The summed E-state index contributed by atoms with van der Waals surface area (Å²) in [6.45, 7) is 5.73. The van der Waals surface area contributed by atoms with Gasteiger partial charge in [0.1, 0.15) is 17.1 Å². The van der Waals surface area contributed by atoms with E-state index in [0.29, 0.717) is 16.9 Å². The molecule has 0 radical (unpaired) electrons. The molecule has 0 saturated heterocycles. The molecule has 3 rings (SSSR count). The van der Waals surface area contributed by atoms with Crippen molar-refractivity contribution in [3.05, 3.63) is 72.5 Å². The number of allylic oxidation sites excluding steroid dienone is 1. The van der Waals surface area contributed by atoms with E-state index in [0.717, 1.165) is 16.7 Å². The molecule has 1 heterocycles. The van der Waals surface area contributed by atoms with E-state index in [1.54, 1.807) is 36.4 Å². The van der Waals surface area contributed by atoms with Gasteiger partial charge in [-0.25, -0.2) is 4.79 Å². The molecule has 3 aromatic rings. The van der Waals surface area contributed by atoms with E-state index in [1.807, 2.05) is 25.1 Å². The van der Waals surface area contributed by atoms with E-state index in [9.17, 15) is 4.79 Å². The lowest BCUT2D eigenvalue weighted by Crippen LogP contribution is -2.07. The van der Waals surface area contributed by atoms with Crippen LogP contribution in [0.3, 0.4) is 0 Å². The lowest BCUT2D eigenvalue weighted by atomic mass is 10.2. The molecule has 0 bridgehead atoms. The average Bonchev–Trinajstić information content (AvgIpc) is 2.91. The van der Waals surface area contributed by atoms with Crippen molar-refractivity contribution in [2.24, 2.45) is 0 Å². The van der Waals surface area contributed by atoms with Gasteiger partial charge in [0.15, 0.2) is 0 Å². The lowest BCUT2D eigenvalue weighted by Gasteiger charge is -2.03. The minimum atomic E-state index is -0.387. The van der Waals surface area contributed by atoms with Gasteiger partial charge < -0.3 is 9.15 Å². The zero-order valence-corrected chi connectivity index (χ0v) is 11.6. The fraction of sp³-hybridized carbons (Fsp3) is 0.0556. The van der Waals surface area contributed by atoms with Gasteiger partial charge in [0.25, 0.3) is 0 Å². The van der Waals surface area contributed by atoms with Crippen LogP contribution >= 0.6 is 0 Å². The second-order valence-corrected chi connectivity index (χ2v) is 4.85. The number of hydrogen-bond acceptors (Lipinski definition) is 3. The number of esters is 1. The van der Waals surface area contributed by atoms with Gasteiger partial charge in [-0.05, 0) is 42.8 Å². The number of fused-ring (bicyclic) bond motifs is 1. The predicted molar refractivity (Wildman–Crippen MR) is 82.3 cm³/mol. The summed E-state index contributed by atoms with van der Waals surface area (Å²) < 4.78 is 11.0. The van der Waals surface area contributed by atoms with Gasteiger partial charge in [-0.2, -0.15) is 0 Å². The minimum absolute atomic E-state index is 0.387. The van der Waals surface area contributed by atoms with Crippen molar-refractivity contribution in [1.29, 1.82) is 0 Å². The Bertz CT molecular complexity index is 813. The van der Waals surface area contributed by atoms with Crippen LogP contribution in [0.2, 0.25) is 0 Å². The number of carbonyl (C=O) groups is 1. The van der Waals surface area contributed by atoms with E-state index in [1.165, 1.54) is 0 Å². The first-order valence-electron chi connectivity index (χ1n) is 6.60. The van der Waals surface area contributed by atoms with Crippen LogP contribution in [-0.4, -0.2) is 5.97 Å². The molecule has 0 aliphatic heterocycles. The number of furan rings is 1. The van der Waals surface area contributed by atoms with Crippen LogP contribution in [0.4, 0.5) is 0 Å². The molecule has 0 spiro atoms. The van der Waals surface area contributed by atoms with E-state index in [2.05, 4.69) is 6.58 Å². The SMILES string of the molecule is C=C(C)c1cc2ccc(OC(=O)c3ccccc3)cc2o1. The highest BCUT2D eigenvalue weighted by atomic mass is 16.5. The number of ether oxygens (including phenoxy) is 1. The van der Waals surface area contributed by atoms with Gasteiger partial charge in [-0.1, -0.05) is 24.8 Å². The number of carbonyl (C=O) groups excluding carboxylic acids is 1. The highest BCUT2D eigenvalue weighted by Crippen LogP contribution is 2.27. The molecule has 104 valence electrons. The standard InChI is InChI=1S/C18H14O3/c1-12(2)16-10-14-8-9-15(11-17(14)21-16)20-18(19)13-6-4-3-5-7-13/h3-11H,1H2,2H3. The fourth-order valence-corrected chi connectivity index (χ4v) is 2.03. The number of hydrogen-bond donors (Lipinski definition) is 0. The Balaban J connectivity index is 1.87. The Labute approximate surface area is 122 Å². The molecule has 0 aliphatic carbocycles. The van der Waals surface area contributed by atoms with Crippen LogP contribution in [0, 0.1) is 0 Å². The van der Waals surface area contributed by atoms with Gasteiger partial charge in [-0.3, -0.25) is 0 Å². The smallest absolute Gasteiger partial charge is 0.343 e. The van der Waals surface area contributed by atoms with Crippen LogP contribution < -0.4 is 4.74 Å². The highest BCUT2D eigenvalue weighted by molar-refractivity contribution is 5.91. The Morgan fingerprint density at radius 1 is 1.10 bits per heavy atom. The van der Waals surface area contributed by atoms with Crippen LogP contribution in [0.25, 0.3) is 16.5 Å². The second kappa shape index (κ2) is 5.29. The molecule has 3 nitrogen and oxygen atoms in total. The summed E-state index contributed by atoms with van der Waals surface area (Å²) in [6, 6.07) is 16.1. The molecule has 1 aromatic heterocycles. The maximum Gasteiger partial charge on any atom is 0.343 e. The van der Waals surface area contributed by atoms with Gasteiger partial charge >= 0.3 is 5.97 Å². The lowest BCUT2D eigenvalue weighted by molar-refractivity contribution is 0.0735. The van der Waals surface area contributed by atoms with Crippen LogP contribution in [0.15, 0.2) is 65.6 Å². The van der Waals surface area contributed by atoms with E-state index >= 15 is 0 Å². The molecule has 21 heavy (non-hydrogen) atoms. The first kappa shape index (κ1) is 13.2. The molecule has 0 N–H and O–H groups in total. The molecule has 0 atom stereocenters. The number of rotatable bonds is 3. The van der Waals surface area contributed by atoms with Crippen molar-refractivity contribution in [2.75, 3.05) is 0 Å². The fourth-order valence-electron chi connectivity index (χ4n) is 2.03. The topological polar surface area (TPSA) is 39.4 Å². The molecule has 0 aliphatic rings. The van der Waals surface area contributed by atoms with Crippen LogP contribution in [-0.2, 0) is 0 Å². The van der Waals surface area contributed by atoms with Gasteiger partial charge in [0, 0.05) is 11.5 Å². The first-order valence-corrected chi connectivity index (χ1v) is 6.60. The normalized spacial score (nSPS) is 10.5. The van der Waals surface area contributed by atoms with Crippen molar-refractivity contribution >= 4 is 22.5 Å². The van der Waals surface area contributed by atoms with Crippen LogP contribution in [0.1, 0.15) is 23.0 Å². The first-order chi connectivity index (χ1) is 10.1. The Kier molecular flexibility index (Phi) is 3.32. The van der Waals surface area contributed by atoms with E-state index in [-0.39, 0.29) is 5.97 Å². The minimum Gasteiger partial charge on any atom is -0.456 e. The predicted octanol–water partition coefficient (Wildman–Crippen LogP) is 4.69. The Morgan fingerprint density at radius 3 is 2.57 bits per heavy atom. The van der Waals surface area contributed by atoms with Gasteiger partial charge in [0.2, 0.25) is 0 Å². The molecule has 0 amide bonds. The molecule has 3 heteroatoms. The average molecular weight is 278 g/mol. The summed E-state index contributed by atoms with van der Waals surface area (Å²) >= 11 is 0. The summed E-state index contributed by atoms with van der Waals surface area (Å²) in [7, 11) is 0. The van der Waals surface area contributed by atoms with E-state index in [4.69, 9.17) is 9.15 Å². The monoisotopic (exact) mass is 278 g/mol. The summed E-state index contributed by atoms with van der Waals surface area (Å²) in [5.74, 6) is 0.803. The summed E-state index contributed by atoms with van der Waals surface area (Å²) in [4.78, 5) is 12.0.